The van der Waals surface area contributed by atoms with E-state index in [9.17, 15) is 0 Å². The van der Waals surface area contributed by atoms with Crippen LogP contribution in [0.2, 0.25) is 0 Å². The number of ether oxygens (including phenoxy) is 2. The normalized spacial score (nSPS) is 12.1. The molecule has 0 aliphatic rings. The molecule has 0 aliphatic heterocycles. The summed E-state index contributed by atoms with van der Waals surface area (Å²) in [6.45, 7) is 8.29. The topological polar surface area (TPSA) is 44.2 Å². The van der Waals surface area contributed by atoms with E-state index < -0.39 is 0 Å². The molecule has 196 valence electrons. The first-order valence-electron chi connectivity index (χ1n) is 14.4. The van der Waals surface area contributed by atoms with E-state index >= 15 is 0 Å². The molecule has 0 amide bonds. The molecule has 1 heterocycles. The summed E-state index contributed by atoms with van der Waals surface area (Å²) in [6.07, 6.45) is 23.1. The summed E-state index contributed by atoms with van der Waals surface area (Å²) in [6, 6.07) is 8.12. The highest BCUT2D eigenvalue weighted by molar-refractivity contribution is 5.55. The lowest BCUT2D eigenvalue weighted by Gasteiger charge is -2.13. The Labute approximate surface area is 215 Å². The van der Waals surface area contributed by atoms with E-state index in [-0.39, 0.29) is 0 Å². The first kappa shape index (κ1) is 29.3. The highest BCUT2D eigenvalue weighted by atomic mass is 16.5. The molecule has 4 heteroatoms. The monoisotopic (exact) mass is 482 g/mol. The molecule has 35 heavy (non-hydrogen) atoms. The Hall–Kier alpha value is -1.94. The van der Waals surface area contributed by atoms with E-state index in [2.05, 4.69) is 30.7 Å². The molecule has 0 spiro atoms. The maximum atomic E-state index is 5.95. The van der Waals surface area contributed by atoms with Gasteiger partial charge in [-0.05, 0) is 68.9 Å². The van der Waals surface area contributed by atoms with Crippen molar-refractivity contribution < 1.29 is 9.47 Å². The van der Waals surface area contributed by atoms with E-state index in [1.54, 1.807) is 0 Å². The van der Waals surface area contributed by atoms with Crippen molar-refractivity contribution in [1.29, 1.82) is 0 Å². The van der Waals surface area contributed by atoms with E-state index in [1.165, 1.54) is 82.6 Å². The summed E-state index contributed by atoms with van der Waals surface area (Å²) < 4.78 is 11.9. The summed E-state index contributed by atoms with van der Waals surface area (Å²) in [5.41, 5.74) is 2.26. The summed E-state index contributed by atoms with van der Waals surface area (Å²) in [5, 5.41) is 0. The van der Waals surface area contributed by atoms with Crippen molar-refractivity contribution in [2.24, 2.45) is 0 Å². The SMILES string of the molecule is CCCCCCCCOC(C)CCCOc1ccc(-c2ncc(CCCCCCCC)cn2)cc1. The lowest BCUT2D eigenvalue weighted by molar-refractivity contribution is 0.0535. The first-order valence-corrected chi connectivity index (χ1v) is 14.4. The summed E-state index contributed by atoms with van der Waals surface area (Å²) in [4.78, 5) is 9.17. The van der Waals surface area contributed by atoms with Crippen molar-refractivity contribution in [2.75, 3.05) is 13.2 Å². The van der Waals surface area contributed by atoms with Crippen LogP contribution in [0.15, 0.2) is 36.7 Å². The molecule has 1 aromatic carbocycles. The maximum absolute atomic E-state index is 5.95. The van der Waals surface area contributed by atoms with Crippen LogP contribution in [0.1, 0.15) is 116 Å². The number of benzene rings is 1. The van der Waals surface area contributed by atoms with Gasteiger partial charge < -0.3 is 9.47 Å². The van der Waals surface area contributed by atoms with Crippen LogP contribution in [0.3, 0.4) is 0 Å². The van der Waals surface area contributed by atoms with Crippen LogP contribution in [0.25, 0.3) is 11.4 Å². The number of aryl methyl sites for hydroxylation is 1. The smallest absolute Gasteiger partial charge is 0.159 e. The highest BCUT2D eigenvalue weighted by Gasteiger charge is 2.05. The largest absolute Gasteiger partial charge is 0.494 e. The molecule has 1 aromatic heterocycles. The Bertz CT molecular complexity index is 746. The van der Waals surface area contributed by atoms with Crippen LogP contribution in [0.5, 0.6) is 5.75 Å². The van der Waals surface area contributed by atoms with Crippen molar-refractivity contribution in [1.82, 2.24) is 9.97 Å². The van der Waals surface area contributed by atoms with Crippen LogP contribution in [-0.2, 0) is 11.2 Å². The van der Waals surface area contributed by atoms with Gasteiger partial charge in [-0.25, -0.2) is 9.97 Å². The summed E-state index contributed by atoms with van der Waals surface area (Å²) >= 11 is 0. The van der Waals surface area contributed by atoms with E-state index in [0.29, 0.717) is 12.7 Å². The third kappa shape index (κ3) is 13.7. The standard InChI is InChI=1S/C31H50N2O2/c1-4-6-8-10-12-14-18-28-25-32-31(33-26-28)29-19-21-30(22-20-29)35-24-16-17-27(3)34-23-15-13-11-9-7-5-2/h19-22,25-27H,4-18,23-24H2,1-3H3. The van der Waals surface area contributed by atoms with Gasteiger partial charge in [0.1, 0.15) is 5.75 Å². The van der Waals surface area contributed by atoms with Gasteiger partial charge >= 0.3 is 0 Å². The molecule has 2 aromatic rings. The minimum Gasteiger partial charge on any atom is -0.494 e. The molecule has 1 unspecified atom stereocenters. The van der Waals surface area contributed by atoms with Gasteiger partial charge in [-0.3, -0.25) is 0 Å². The maximum Gasteiger partial charge on any atom is 0.159 e. The minimum atomic E-state index is 0.304. The third-order valence-corrected chi connectivity index (χ3v) is 6.56. The number of unbranched alkanes of at least 4 members (excludes halogenated alkanes) is 10. The van der Waals surface area contributed by atoms with Gasteiger partial charge in [-0.2, -0.15) is 0 Å². The van der Waals surface area contributed by atoms with Gasteiger partial charge in [0.05, 0.1) is 12.7 Å². The molecule has 0 bridgehead atoms. The molecule has 2 rings (SSSR count). The predicted octanol–water partition coefficient (Wildman–Crippen LogP) is 8.97. The van der Waals surface area contributed by atoms with Crippen LogP contribution < -0.4 is 4.74 Å². The lowest BCUT2D eigenvalue weighted by atomic mass is 10.1. The number of aromatic nitrogens is 2. The van der Waals surface area contributed by atoms with Crippen molar-refractivity contribution in [3.8, 4) is 17.1 Å². The molecule has 0 aliphatic carbocycles. The Balaban J connectivity index is 1.58. The van der Waals surface area contributed by atoms with Gasteiger partial charge in [0, 0.05) is 24.6 Å². The zero-order valence-electron chi connectivity index (χ0n) is 22.8. The molecular weight excluding hydrogens is 432 g/mol. The van der Waals surface area contributed by atoms with E-state index in [4.69, 9.17) is 9.47 Å². The average Bonchev–Trinajstić information content (AvgIpc) is 2.89. The molecular formula is C31H50N2O2. The fourth-order valence-electron chi connectivity index (χ4n) is 4.25. The fraction of sp³-hybridized carbons (Fsp3) is 0.677. The number of hydrogen-bond acceptors (Lipinski definition) is 4. The molecule has 0 saturated heterocycles. The van der Waals surface area contributed by atoms with Crippen LogP contribution in [0, 0.1) is 0 Å². The molecule has 0 radical (unpaired) electrons. The van der Waals surface area contributed by atoms with Gasteiger partial charge in [0.15, 0.2) is 5.82 Å². The Morgan fingerprint density at radius 3 is 1.94 bits per heavy atom. The summed E-state index contributed by atoms with van der Waals surface area (Å²) in [7, 11) is 0. The second-order valence-electron chi connectivity index (χ2n) is 9.90. The van der Waals surface area contributed by atoms with Crippen molar-refractivity contribution in [3.63, 3.8) is 0 Å². The Kier molecular flexibility index (Phi) is 16.1. The molecule has 4 nitrogen and oxygen atoms in total. The van der Waals surface area contributed by atoms with Crippen LogP contribution >= 0.6 is 0 Å². The second-order valence-corrected chi connectivity index (χ2v) is 9.90. The Morgan fingerprint density at radius 1 is 0.686 bits per heavy atom. The number of hydrogen-bond donors (Lipinski definition) is 0. The quantitative estimate of drug-likeness (QED) is 0.167. The Morgan fingerprint density at radius 2 is 1.29 bits per heavy atom. The van der Waals surface area contributed by atoms with E-state index in [1.807, 2.05) is 36.7 Å². The van der Waals surface area contributed by atoms with Crippen molar-refractivity contribution in [3.05, 3.63) is 42.2 Å². The van der Waals surface area contributed by atoms with E-state index in [0.717, 1.165) is 43.0 Å². The lowest BCUT2D eigenvalue weighted by Crippen LogP contribution is -2.11. The highest BCUT2D eigenvalue weighted by Crippen LogP contribution is 2.20. The molecule has 0 saturated carbocycles. The predicted molar refractivity (Wildman–Crippen MR) is 148 cm³/mol. The van der Waals surface area contributed by atoms with Crippen LogP contribution in [-0.4, -0.2) is 29.3 Å². The first-order chi connectivity index (χ1) is 17.2. The number of rotatable bonds is 21. The van der Waals surface area contributed by atoms with Gasteiger partial charge in [-0.15, -0.1) is 0 Å². The van der Waals surface area contributed by atoms with Crippen LogP contribution in [0.4, 0.5) is 0 Å². The van der Waals surface area contributed by atoms with Crippen molar-refractivity contribution in [2.45, 2.75) is 123 Å². The molecule has 0 fully saturated rings. The zero-order valence-corrected chi connectivity index (χ0v) is 22.8. The fourth-order valence-corrected chi connectivity index (χ4v) is 4.25. The van der Waals surface area contributed by atoms with Gasteiger partial charge in [0.25, 0.3) is 0 Å². The third-order valence-electron chi connectivity index (χ3n) is 6.56. The average molecular weight is 483 g/mol. The molecule has 0 N–H and O–H groups in total. The second kappa shape index (κ2) is 19.3. The zero-order chi connectivity index (χ0) is 25.0. The minimum absolute atomic E-state index is 0.304. The number of nitrogens with zero attached hydrogens (tertiary/aromatic N) is 2. The van der Waals surface area contributed by atoms with Gasteiger partial charge in [0.2, 0.25) is 0 Å². The molecule has 1 atom stereocenters. The van der Waals surface area contributed by atoms with Crippen molar-refractivity contribution >= 4 is 0 Å². The van der Waals surface area contributed by atoms with Gasteiger partial charge in [-0.1, -0.05) is 78.1 Å². The summed E-state index contributed by atoms with van der Waals surface area (Å²) in [5.74, 6) is 1.67.